The van der Waals surface area contributed by atoms with Crippen LogP contribution in [0.15, 0.2) is 0 Å². The second-order valence-electron chi connectivity index (χ2n) is 5.65. The van der Waals surface area contributed by atoms with Crippen molar-refractivity contribution in [3.63, 3.8) is 0 Å². The van der Waals surface area contributed by atoms with Crippen LogP contribution in [-0.2, 0) is 9.84 Å². The van der Waals surface area contributed by atoms with Crippen molar-refractivity contribution < 1.29 is 8.42 Å². The van der Waals surface area contributed by atoms with E-state index in [0.29, 0.717) is 35.5 Å². The average molecular weight is 318 g/mol. The summed E-state index contributed by atoms with van der Waals surface area (Å²) in [6.07, 6.45) is 0.713. The van der Waals surface area contributed by atoms with Crippen LogP contribution in [0.5, 0.6) is 0 Å². The van der Waals surface area contributed by atoms with Gasteiger partial charge in [0.15, 0.2) is 9.84 Å². The molecule has 0 spiro atoms. The average Bonchev–Trinajstić information content (AvgIpc) is 2.70. The van der Waals surface area contributed by atoms with Crippen LogP contribution >= 0.6 is 11.6 Å². The molecule has 20 heavy (non-hydrogen) atoms. The standard InChI is InChI=1S/C13H20ClN3O2S/c1-8(2)12-16-11(14)9(3)13(17-12)15-6-10-4-5-20(18,19)7-10/h8,10H,4-7H2,1-3H3,(H,15,16,17). The van der Waals surface area contributed by atoms with Crippen molar-refractivity contribution in [2.75, 3.05) is 23.4 Å². The van der Waals surface area contributed by atoms with Crippen LogP contribution in [0.25, 0.3) is 0 Å². The number of hydrogen-bond donors (Lipinski definition) is 1. The minimum absolute atomic E-state index is 0.149. The highest BCUT2D eigenvalue weighted by Crippen LogP contribution is 2.24. The topological polar surface area (TPSA) is 72.0 Å². The van der Waals surface area contributed by atoms with Crippen molar-refractivity contribution in [1.82, 2.24) is 9.97 Å². The summed E-state index contributed by atoms with van der Waals surface area (Å²) in [5.41, 5.74) is 0.803. The van der Waals surface area contributed by atoms with Gasteiger partial charge in [0.1, 0.15) is 16.8 Å². The smallest absolute Gasteiger partial charge is 0.150 e. The summed E-state index contributed by atoms with van der Waals surface area (Å²) < 4.78 is 22.9. The van der Waals surface area contributed by atoms with E-state index < -0.39 is 9.84 Å². The SMILES string of the molecule is Cc1c(Cl)nc(C(C)C)nc1NCC1CCS(=O)(=O)C1. The molecule has 0 bridgehead atoms. The van der Waals surface area contributed by atoms with Gasteiger partial charge in [-0.05, 0) is 19.3 Å². The molecule has 0 amide bonds. The number of halogens is 1. The highest BCUT2D eigenvalue weighted by atomic mass is 35.5. The van der Waals surface area contributed by atoms with E-state index in [9.17, 15) is 8.42 Å². The van der Waals surface area contributed by atoms with Crippen LogP contribution in [0.1, 0.15) is 37.6 Å². The maximum absolute atomic E-state index is 11.4. The third kappa shape index (κ3) is 3.61. The van der Waals surface area contributed by atoms with Gasteiger partial charge >= 0.3 is 0 Å². The summed E-state index contributed by atoms with van der Waals surface area (Å²) in [6, 6.07) is 0. The third-order valence-corrected chi connectivity index (χ3v) is 5.71. The molecule has 0 aromatic carbocycles. The van der Waals surface area contributed by atoms with Gasteiger partial charge in [-0.25, -0.2) is 18.4 Å². The zero-order valence-electron chi connectivity index (χ0n) is 12.0. The fourth-order valence-corrected chi connectivity index (χ4v) is 4.25. The molecule has 2 rings (SSSR count). The van der Waals surface area contributed by atoms with Gasteiger partial charge in [-0.2, -0.15) is 0 Å². The number of aromatic nitrogens is 2. The monoisotopic (exact) mass is 317 g/mol. The van der Waals surface area contributed by atoms with Gasteiger partial charge in [0.25, 0.3) is 0 Å². The van der Waals surface area contributed by atoms with Crippen LogP contribution in [-0.4, -0.2) is 36.4 Å². The Morgan fingerprint density at radius 2 is 2.10 bits per heavy atom. The largest absolute Gasteiger partial charge is 0.369 e. The molecular weight excluding hydrogens is 298 g/mol. The molecule has 0 aliphatic carbocycles. The normalized spacial score (nSPS) is 21.4. The number of nitrogens with zero attached hydrogens (tertiary/aromatic N) is 2. The van der Waals surface area contributed by atoms with Gasteiger partial charge in [-0.1, -0.05) is 25.4 Å². The molecule has 0 saturated carbocycles. The van der Waals surface area contributed by atoms with Crippen molar-refractivity contribution in [1.29, 1.82) is 0 Å². The molecule has 7 heteroatoms. The van der Waals surface area contributed by atoms with Crippen molar-refractivity contribution in [2.24, 2.45) is 5.92 Å². The Balaban J connectivity index is 2.09. The highest BCUT2D eigenvalue weighted by Gasteiger charge is 2.27. The summed E-state index contributed by atoms with van der Waals surface area (Å²) in [7, 11) is -2.84. The quantitative estimate of drug-likeness (QED) is 0.863. The summed E-state index contributed by atoms with van der Waals surface area (Å²) >= 11 is 6.12. The maximum atomic E-state index is 11.4. The minimum atomic E-state index is -2.84. The lowest BCUT2D eigenvalue weighted by Gasteiger charge is -2.15. The molecule has 1 atom stereocenters. The molecule has 5 nitrogen and oxygen atoms in total. The summed E-state index contributed by atoms with van der Waals surface area (Å²) in [4.78, 5) is 8.73. The molecule has 0 radical (unpaired) electrons. The number of nitrogens with one attached hydrogen (secondary N) is 1. The van der Waals surface area contributed by atoms with Gasteiger partial charge < -0.3 is 5.32 Å². The van der Waals surface area contributed by atoms with Crippen molar-refractivity contribution in [2.45, 2.75) is 33.1 Å². The fraction of sp³-hybridized carbons (Fsp3) is 0.692. The summed E-state index contributed by atoms with van der Waals surface area (Å²) in [6.45, 7) is 6.48. The van der Waals surface area contributed by atoms with Crippen LogP contribution in [0.3, 0.4) is 0 Å². The first-order valence-corrected chi connectivity index (χ1v) is 8.97. The predicted molar refractivity (Wildman–Crippen MR) is 81.1 cm³/mol. The van der Waals surface area contributed by atoms with Gasteiger partial charge in [-0.3, -0.25) is 0 Å². The second kappa shape index (κ2) is 5.85. The minimum Gasteiger partial charge on any atom is -0.369 e. The first kappa shape index (κ1) is 15.5. The van der Waals surface area contributed by atoms with Crippen molar-refractivity contribution in [3.8, 4) is 0 Å². The molecule has 1 aromatic heterocycles. The van der Waals surface area contributed by atoms with Crippen LogP contribution in [0.2, 0.25) is 5.15 Å². The Hall–Kier alpha value is -0.880. The highest BCUT2D eigenvalue weighted by molar-refractivity contribution is 7.91. The van der Waals surface area contributed by atoms with E-state index in [2.05, 4.69) is 15.3 Å². The Morgan fingerprint density at radius 1 is 1.40 bits per heavy atom. The lowest BCUT2D eigenvalue weighted by atomic mass is 10.1. The summed E-state index contributed by atoms with van der Waals surface area (Å²) in [5.74, 6) is 2.30. The molecule has 1 aliphatic rings. The lowest BCUT2D eigenvalue weighted by Crippen LogP contribution is -2.17. The Kier molecular flexibility index (Phi) is 4.54. The Bertz CT molecular complexity index is 602. The number of anilines is 1. The molecule has 2 heterocycles. The Labute approximate surface area is 125 Å². The van der Waals surface area contributed by atoms with Crippen molar-refractivity contribution in [3.05, 3.63) is 16.5 Å². The van der Waals surface area contributed by atoms with Crippen molar-refractivity contribution >= 4 is 27.3 Å². The molecule has 112 valence electrons. The van der Waals surface area contributed by atoms with E-state index in [1.807, 2.05) is 20.8 Å². The molecule has 1 aromatic rings. The predicted octanol–water partition coefficient (Wildman–Crippen LogP) is 2.41. The van der Waals surface area contributed by atoms with Gasteiger partial charge in [-0.15, -0.1) is 0 Å². The van der Waals surface area contributed by atoms with E-state index >= 15 is 0 Å². The molecule has 1 aliphatic heterocycles. The second-order valence-corrected chi connectivity index (χ2v) is 8.24. The van der Waals surface area contributed by atoms with Gasteiger partial charge in [0.2, 0.25) is 0 Å². The van der Waals surface area contributed by atoms with E-state index in [1.54, 1.807) is 0 Å². The number of sulfone groups is 1. The van der Waals surface area contributed by atoms with Gasteiger partial charge in [0.05, 0.1) is 11.5 Å². The van der Waals surface area contributed by atoms with Crippen LogP contribution in [0, 0.1) is 12.8 Å². The van der Waals surface area contributed by atoms with E-state index in [-0.39, 0.29) is 17.6 Å². The first-order chi connectivity index (χ1) is 9.28. The number of hydrogen-bond acceptors (Lipinski definition) is 5. The molecule has 1 unspecified atom stereocenters. The fourth-order valence-electron chi connectivity index (χ4n) is 2.21. The van der Waals surface area contributed by atoms with Gasteiger partial charge in [0, 0.05) is 18.0 Å². The molecule has 1 N–H and O–H groups in total. The number of rotatable bonds is 4. The van der Waals surface area contributed by atoms with E-state index in [0.717, 1.165) is 5.56 Å². The van der Waals surface area contributed by atoms with E-state index in [4.69, 9.17) is 11.6 Å². The summed E-state index contributed by atoms with van der Waals surface area (Å²) in [5, 5.41) is 3.68. The molecule has 1 fully saturated rings. The van der Waals surface area contributed by atoms with Crippen LogP contribution < -0.4 is 5.32 Å². The molecular formula is C13H20ClN3O2S. The maximum Gasteiger partial charge on any atom is 0.150 e. The van der Waals surface area contributed by atoms with E-state index in [1.165, 1.54) is 0 Å². The zero-order chi connectivity index (χ0) is 14.9. The lowest BCUT2D eigenvalue weighted by molar-refractivity contribution is 0.595. The first-order valence-electron chi connectivity index (χ1n) is 6.77. The van der Waals surface area contributed by atoms with Crippen LogP contribution in [0.4, 0.5) is 5.82 Å². The zero-order valence-corrected chi connectivity index (χ0v) is 13.6. The Morgan fingerprint density at radius 3 is 2.65 bits per heavy atom. The third-order valence-electron chi connectivity index (χ3n) is 3.51. The molecule has 1 saturated heterocycles.